The van der Waals surface area contributed by atoms with Gasteiger partial charge in [0, 0.05) is 21.1 Å². The number of hydrogen-bond acceptors (Lipinski definition) is 3. The van der Waals surface area contributed by atoms with Gasteiger partial charge in [-0.1, -0.05) is 6.07 Å². The molecule has 0 aliphatic carbocycles. The van der Waals surface area contributed by atoms with E-state index in [-0.39, 0.29) is 6.67 Å². The lowest BCUT2D eigenvalue weighted by molar-refractivity contribution is 0.110. The molecule has 2 aromatic heterocycles. The van der Waals surface area contributed by atoms with E-state index in [1.165, 1.54) is 22.7 Å². The smallest absolute Gasteiger partial charge is 0.130 e. The van der Waals surface area contributed by atoms with Gasteiger partial charge in [0.1, 0.15) is 5.60 Å². The molecule has 4 heteroatoms. The van der Waals surface area contributed by atoms with E-state index in [1.807, 2.05) is 29.6 Å². The quantitative estimate of drug-likeness (QED) is 0.885. The van der Waals surface area contributed by atoms with Crippen LogP contribution >= 0.6 is 22.7 Å². The largest absolute Gasteiger partial charge is 0.379 e. The second kappa shape index (κ2) is 4.65. The maximum Gasteiger partial charge on any atom is 0.130 e. The first-order valence-corrected chi connectivity index (χ1v) is 6.75. The lowest BCUT2D eigenvalue weighted by atomic mass is 10.0. The van der Waals surface area contributed by atoms with Crippen molar-refractivity contribution in [2.45, 2.75) is 18.9 Å². The van der Waals surface area contributed by atoms with Crippen molar-refractivity contribution < 1.29 is 9.50 Å². The van der Waals surface area contributed by atoms with Crippen LogP contribution in [0.3, 0.4) is 0 Å². The number of rotatable bonds is 4. The van der Waals surface area contributed by atoms with Gasteiger partial charge in [-0.2, -0.15) is 0 Å². The van der Waals surface area contributed by atoms with E-state index in [4.69, 9.17) is 0 Å². The van der Waals surface area contributed by atoms with Crippen molar-refractivity contribution in [3.8, 4) is 0 Å². The first kappa shape index (κ1) is 11.8. The van der Waals surface area contributed by atoms with Gasteiger partial charge in [0.25, 0.3) is 0 Å². The van der Waals surface area contributed by atoms with E-state index in [1.54, 1.807) is 6.92 Å². The van der Waals surface area contributed by atoms with Gasteiger partial charge in [-0.3, -0.25) is 4.39 Å². The fourth-order valence-corrected chi connectivity index (χ4v) is 3.45. The van der Waals surface area contributed by atoms with Crippen LogP contribution in [0.4, 0.5) is 4.39 Å². The molecule has 1 atom stereocenters. The van der Waals surface area contributed by atoms with E-state index >= 15 is 0 Å². The average molecular weight is 255 g/mol. The standard InChI is InChI=1S/C12H13FOS2/c1-12(14,10-3-2-8-15-10)11-5-4-9(16-11)6-7-13/h2-5,8,14H,6-7H2,1H3/i13-1. The molecule has 0 bridgehead atoms. The molecule has 0 saturated heterocycles. The Bertz CT molecular complexity index is 445. The zero-order valence-electron chi connectivity index (χ0n) is 8.94. The third-order valence-electron chi connectivity index (χ3n) is 2.48. The van der Waals surface area contributed by atoms with E-state index < -0.39 is 5.60 Å². The normalized spacial score (nSPS) is 14.9. The Hall–Kier alpha value is -0.710. The Balaban J connectivity index is 2.28. The fourth-order valence-electron chi connectivity index (χ4n) is 1.54. The summed E-state index contributed by atoms with van der Waals surface area (Å²) in [5.41, 5.74) is -0.951. The maximum absolute atomic E-state index is 12.2. The Labute approximate surface area is 102 Å². The van der Waals surface area contributed by atoms with E-state index in [0.29, 0.717) is 6.42 Å². The van der Waals surface area contributed by atoms with Crippen LogP contribution in [0.2, 0.25) is 0 Å². The van der Waals surface area contributed by atoms with E-state index in [2.05, 4.69) is 0 Å². The van der Waals surface area contributed by atoms with Crippen molar-refractivity contribution in [1.29, 1.82) is 0 Å². The third-order valence-corrected chi connectivity index (χ3v) is 4.92. The van der Waals surface area contributed by atoms with Gasteiger partial charge < -0.3 is 5.11 Å². The Kier molecular flexibility index (Phi) is 3.42. The van der Waals surface area contributed by atoms with Gasteiger partial charge in [0.05, 0.1) is 6.67 Å². The molecule has 86 valence electrons. The molecule has 0 saturated carbocycles. The van der Waals surface area contributed by atoms with Crippen molar-refractivity contribution in [1.82, 2.24) is 0 Å². The minimum Gasteiger partial charge on any atom is -0.379 e. The molecule has 1 N–H and O–H groups in total. The highest BCUT2D eigenvalue weighted by molar-refractivity contribution is 7.13. The second-order valence-electron chi connectivity index (χ2n) is 3.75. The van der Waals surface area contributed by atoms with Crippen LogP contribution in [0, 0.1) is 0 Å². The Morgan fingerprint density at radius 1 is 1.31 bits per heavy atom. The highest BCUT2D eigenvalue weighted by Crippen LogP contribution is 2.36. The van der Waals surface area contributed by atoms with Gasteiger partial charge in [-0.25, -0.2) is 0 Å². The zero-order chi connectivity index (χ0) is 11.6. The summed E-state index contributed by atoms with van der Waals surface area (Å²) in [5.74, 6) is 0. The Morgan fingerprint density at radius 2 is 2.12 bits per heavy atom. The molecule has 2 aromatic rings. The molecular weight excluding hydrogens is 242 g/mol. The summed E-state index contributed by atoms with van der Waals surface area (Å²) >= 11 is 3.01. The molecule has 1 nitrogen and oxygen atoms in total. The molecular formula is C12H13FOS2. The summed E-state index contributed by atoms with van der Waals surface area (Å²) in [5, 5.41) is 12.4. The minimum absolute atomic E-state index is 0.346. The summed E-state index contributed by atoms with van der Waals surface area (Å²) in [4.78, 5) is 2.77. The van der Waals surface area contributed by atoms with Crippen molar-refractivity contribution in [3.05, 3.63) is 44.3 Å². The van der Waals surface area contributed by atoms with Crippen molar-refractivity contribution >= 4 is 22.7 Å². The average Bonchev–Trinajstić information content (AvgIpc) is 2.88. The summed E-state index contributed by atoms with van der Waals surface area (Å²) in [7, 11) is 0. The summed E-state index contributed by atoms with van der Waals surface area (Å²) in [6.07, 6.45) is 0.436. The number of alkyl halides is 1. The van der Waals surface area contributed by atoms with Gasteiger partial charge in [-0.05, 0) is 30.5 Å². The van der Waals surface area contributed by atoms with E-state index in [0.717, 1.165) is 14.6 Å². The second-order valence-corrected chi connectivity index (χ2v) is 5.87. The third kappa shape index (κ3) is 2.19. The summed E-state index contributed by atoms with van der Waals surface area (Å²) in [6.45, 7) is 1.44. The first-order chi connectivity index (χ1) is 7.64. The molecule has 0 aromatic carbocycles. The SMILES string of the molecule is CC(O)(c1cccs1)c1ccc(CC[18F])s1. The van der Waals surface area contributed by atoms with Crippen LogP contribution in [-0.4, -0.2) is 11.8 Å². The topological polar surface area (TPSA) is 20.2 Å². The van der Waals surface area contributed by atoms with E-state index in [9.17, 15) is 9.50 Å². The van der Waals surface area contributed by atoms with Crippen LogP contribution in [0.15, 0.2) is 29.6 Å². The van der Waals surface area contributed by atoms with Crippen molar-refractivity contribution in [2.24, 2.45) is 0 Å². The zero-order valence-corrected chi connectivity index (χ0v) is 10.6. The molecule has 0 aliphatic rings. The Morgan fingerprint density at radius 3 is 2.75 bits per heavy atom. The highest BCUT2D eigenvalue weighted by atomic mass is 32.1. The predicted octanol–water partition coefficient (Wildman–Crippen LogP) is 3.58. The van der Waals surface area contributed by atoms with Gasteiger partial charge in [0.2, 0.25) is 0 Å². The van der Waals surface area contributed by atoms with Crippen LogP contribution in [-0.2, 0) is 12.0 Å². The lowest BCUT2D eigenvalue weighted by Crippen LogP contribution is -2.19. The first-order valence-electron chi connectivity index (χ1n) is 5.06. The van der Waals surface area contributed by atoms with Crippen LogP contribution < -0.4 is 0 Å². The molecule has 0 amide bonds. The van der Waals surface area contributed by atoms with Crippen LogP contribution in [0.1, 0.15) is 21.6 Å². The highest BCUT2D eigenvalue weighted by Gasteiger charge is 2.28. The number of hydrogen-bond donors (Lipinski definition) is 1. The molecule has 0 spiro atoms. The number of aliphatic hydroxyl groups is 1. The summed E-state index contributed by atoms with van der Waals surface area (Å²) < 4.78 is 12.2. The van der Waals surface area contributed by atoms with Crippen LogP contribution in [0.5, 0.6) is 0 Å². The molecule has 16 heavy (non-hydrogen) atoms. The predicted molar refractivity (Wildman–Crippen MR) is 67.0 cm³/mol. The minimum atomic E-state index is -0.951. The molecule has 0 aliphatic heterocycles. The monoisotopic (exact) mass is 255 g/mol. The van der Waals surface area contributed by atoms with Gasteiger partial charge in [0.15, 0.2) is 0 Å². The van der Waals surface area contributed by atoms with Gasteiger partial charge >= 0.3 is 0 Å². The number of aryl methyl sites for hydroxylation is 1. The molecule has 2 heterocycles. The van der Waals surface area contributed by atoms with Crippen molar-refractivity contribution in [2.75, 3.05) is 6.67 Å². The number of halogens is 1. The lowest BCUT2D eigenvalue weighted by Gasteiger charge is -2.20. The number of thiophene rings is 2. The molecule has 0 radical (unpaired) electrons. The van der Waals surface area contributed by atoms with Crippen LogP contribution in [0.25, 0.3) is 0 Å². The van der Waals surface area contributed by atoms with Crippen molar-refractivity contribution in [3.63, 3.8) is 0 Å². The maximum atomic E-state index is 12.2. The van der Waals surface area contributed by atoms with Gasteiger partial charge in [-0.15, -0.1) is 22.7 Å². The molecule has 2 rings (SSSR count). The molecule has 1 unspecified atom stereocenters. The summed E-state index contributed by atoms with van der Waals surface area (Å²) in [6, 6.07) is 7.61. The molecule has 0 fully saturated rings. The fraction of sp³-hybridized carbons (Fsp3) is 0.333.